The number of aliphatic hydroxyl groups excluding tert-OH is 1. The first kappa shape index (κ1) is 27.4. The molecule has 2 aliphatic rings. The van der Waals surface area contributed by atoms with Gasteiger partial charge >= 0.3 is 12.4 Å². The van der Waals surface area contributed by atoms with Crippen LogP contribution in [0.5, 0.6) is 0 Å². The number of nitrogens with one attached hydrogen (secondary N) is 1. The van der Waals surface area contributed by atoms with Crippen molar-refractivity contribution >= 4 is 5.91 Å². The Bertz CT molecular complexity index is 1120. The largest absolute Gasteiger partial charge is 0.416 e. The third-order valence-corrected chi connectivity index (χ3v) is 7.46. The van der Waals surface area contributed by atoms with Crippen LogP contribution >= 0.6 is 0 Å². The molecule has 0 aromatic heterocycles. The van der Waals surface area contributed by atoms with Gasteiger partial charge in [0.1, 0.15) is 11.9 Å². The summed E-state index contributed by atoms with van der Waals surface area (Å²) < 4.78 is 99.9. The average molecular weight is 533 g/mol. The second-order valence-corrected chi connectivity index (χ2v) is 10.0. The number of hydrogen-bond acceptors (Lipinski definition) is 3. The Morgan fingerprint density at radius 3 is 2.05 bits per heavy atom. The van der Waals surface area contributed by atoms with Gasteiger partial charge in [0.05, 0.1) is 23.3 Å². The molecule has 1 saturated carbocycles. The highest BCUT2D eigenvalue weighted by Gasteiger charge is 2.53. The highest BCUT2D eigenvalue weighted by Crippen LogP contribution is 2.50. The van der Waals surface area contributed by atoms with Gasteiger partial charge in [-0.05, 0) is 74.1 Å². The van der Waals surface area contributed by atoms with E-state index < -0.39 is 65.0 Å². The lowest BCUT2D eigenvalue weighted by molar-refractivity contribution is -0.143. The molecule has 4 rings (SSSR count). The Morgan fingerprint density at radius 2 is 1.57 bits per heavy atom. The van der Waals surface area contributed by atoms with Crippen LogP contribution in [0, 0.1) is 11.7 Å². The maximum absolute atomic E-state index is 13.6. The predicted molar refractivity (Wildman–Crippen MR) is 119 cm³/mol. The number of benzene rings is 2. The quantitative estimate of drug-likeness (QED) is 0.454. The Balaban J connectivity index is 1.67. The molecule has 2 N–H and O–H groups in total. The van der Waals surface area contributed by atoms with E-state index in [2.05, 4.69) is 5.32 Å². The molecular weight excluding hydrogens is 507 g/mol. The summed E-state index contributed by atoms with van der Waals surface area (Å²) in [6, 6.07) is 6.94. The second kappa shape index (κ2) is 9.58. The van der Waals surface area contributed by atoms with E-state index in [1.165, 1.54) is 19.1 Å². The van der Waals surface area contributed by atoms with Crippen molar-refractivity contribution in [2.24, 2.45) is 5.92 Å². The zero-order valence-corrected chi connectivity index (χ0v) is 20.0. The van der Waals surface area contributed by atoms with Crippen LogP contribution in [0.4, 0.5) is 30.7 Å². The van der Waals surface area contributed by atoms with Gasteiger partial charge in [-0.15, -0.1) is 0 Å². The molecular formula is C26H26F7NO3. The topological polar surface area (TPSA) is 58.6 Å². The Labute approximate surface area is 208 Å². The molecule has 2 fully saturated rings. The lowest BCUT2D eigenvalue weighted by Crippen LogP contribution is -2.47. The van der Waals surface area contributed by atoms with Gasteiger partial charge in [0.25, 0.3) is 0 Å². The van der Waals surface area contributed by atoms with E-state index in [0.717, 1.165) is 0 Å². The average Bonchev–Trinajstić information content (AvgIpc) is 3.33. The summed E-state index contributed by atoms with van der Waals surface area (Å²) in [7, 11) is 0. The first-order valence-electron chi connectivity index (χ1n) is 11.8. The summed E-state index contributed by atoms with van der Waals surface area (Å²) in [4.78, 5) is 12.1. The number of carbonyl (C=O) groups is 1. The minimum absolute atomic E-state index is 0.0675. The Hall–Kier alpha value is -2.66. The van der Waals surface area contributed by atoms with Crippen LogP contribution < -0.4 is 5.32 Å². The van der Waals surface area contributed by atoms with E-state index in [9.17, 15) is 40.6 Å². The van der Waals surface area contributed by atoms with Gasteiger partial charge in [0.15, 0.2) is 0 Å². The SMILES string of the molecule is C[C@@H](O[C@H]1CC[C@@H]([C@@]2(C)C[C@H](O)C(=O)N2)[C@@H]1c1ccc(F)cc1)c1cc(C(F)(F)F)cc(C(F)(F)F)c1. The third kappa shape index (κ3) is 5.62. The smallest absolute Gasteiger partial charge is 0.383 e. The van der Waals surface area contributed by atoms with Crippen molar-refractivity contribution in [1.29, 1.82) is 0 Å². The third-order valence-electron chi connectivity index (χ3n) is 7.46. The number of aliphatic hydroxyl groups is 1. The summed E-state index contributed by atoms with van der Waals surface area (Å²) in [6.45, 7) is 3.16. The van der Waals surface area contributed by atoms with Gasteiger partial charge in [-0.2, -0.15) is 26.3 Å². The fourth-order valence-corrected chi connectivity index (χ4v) is 5.67. The normalized spacial score (nSPS) is 29.4. The second-order valence-electron chi connectivity index (χ2n) is 10.0. The van der Waals surface area contributed by atoms with Crippen molar-refractivity contribution in [1.82, 2.24) is 5.32 Å². The van der Waals surface area contributed by atoms with E-state index in [1.54, 1.807) is 19.1 Å². The van der Waals surface area contributed by atoms with Crippen LogP contribution in [0.2, 0.25) is 0 Å². The lowest BCUT2D eigenvalue weighted by Gasteiger charge is -2.37. The molecule has 6 atom stereocenters. The maximum atomic E-state index is 13.6. The molecule has 0 radical (unpaired) electrons. The number of alkyl halides is 6. The predicted octanol–water partition coefficient (Wildman–Crippen LogP) is 6.14. The number of amides is 1. The van der Waals surface area contributed by atoms with Crippen molar-refractivity contribution in [2.45, 2.75) is 75.2 Å². The summed E-state index contributed by atoms with van der Waals surface area (Å²) in [6.07, 6.45) is -11.9. The number of carbonyl (C=O) groups excluding carboxylic acids is 1. The van der Waals surface area contributed by atoms with Crippen LogP contribution in [0.3, 0.4) is 0 Å². The van der Waals surface area contributed by atoms with E-state index in [0.29, 0.717) is 30.5 Å². The van der Waals surface area contributed by atoms with Gasteiger partial charge in [-0.3, -0.25) is 4.79 Å². The molecule has 202 valence electrons. The van der Waals surface area contributed by atoms with E-state index in [-0.39, 0.29) is 24.0 Å². The van der Waals surface area contributed by atoms with Gasteiger partial charge in [-0.1, -0.05) is 12.1 Å². The zero-order chi connectivity index (χ0) is 27.3. The Kier molecular flexibility index (Phi) is 7.09. The van der Waals surface area contributed by atoms with Crippen LogP contribution in [0.1, 0.15) is 67.4 Å². The van der Waals surface area contributed by atoms with Gasteiger partial charge in [0, 0.05) is 17.9 Å². The number of rotatable bonds is 5. The summed E-state index contributed by atoms with van der Waals surface area (Å²) in [5.74, 6) is -1.76. The minimum Gasteiger partial charge on any atom is -0.383 e. The van der Waals surface area contributed by atoms with Gasteiger partial charge in [0.2, 0.25) is 5.91 Å². The lowest BCUT2D eigenvalue weighted by atomic mass is 9.74. The minimum atomic E-state index is -4.99. The Morgan fingerprint density at radius 1 is 1.00 bits per heavy atom. The number of ether oxygens (including phenoxy) is 1. The molecule has 11 heteroatoms. The summed E-state index contributed by atoms with van der Waals surface area (Å²) >= 11 is 0. The van der Waals surface area contributed by atoms with Gasteiger partial charge in [-0.25, -0.2) is 4.39 Å². The molecule has 1 aliphatic heterocycles. The molecule has 0 bridgehead atoms. The monoisotopic (exact) mass is 533 g/mol. The number of hydrogen-bond donors (Lipinski definition) is 2. The highest BCUT2D eigenvalue weighted by molar-refractivity contribution is 5.84. The van der Waals surface area contributed by atoms with E-state index in [4.69, 9.17) is 4.74 Å². The molecule has 1 heterocycles. The molecule has 37 heavy (non-hydrogen) atoms. The summed E-state index contributed by atoms with van der Waals surface area (Å²) in [5, 5.41) is 12.9. The first-order valence-corrected chi connectivity index (χ1v) is 11.8. The zero-order valence-electron chi connectivity index (χ0n) is 20.0. The van der Waals surface area contributed by atoms with Crippen molar-refractivity contribution in [3.8, 4) is 0 Å². The van der Waals surface area contributed by atoms with Crippen molar-refractivity contribution in [3.05, 3.63) is 70.5 Å². The highest BCUT2D eigenvalue weighted by atomic mass is 19.4. The first-order chi connectivity index (χ1) is 17.1. The van der Waals surface area contributed by atoms with Crippen LogP contribution in [-0.4, -0.2) is 28.8 Å². The fourth-order valence-electron chi connectivity index (χ4n) is 5.67. The molecule has 2 aromatic carbocycles. The van der Waals surface area contributed by atoms with Crippen molar-refractivity contribution in [2.75, 3.05) is 0 Å². The van der Waals surface area contributed by atoms with Crippen LogP contribution in [0.15, 0.2) is 42.5 Å². The van der Waals surface area contributed by atoms with E-state index in [1.807, 2.05) is 0 Å². The molecule has 0 spiro atoms. The van der Waals surface area contributed by atoms with Crippen molar-refractivity contribution < 1.29 is 45.4 Å². The van der Waals surface area contributed by atoms with Crippen molar-refractivity contribution in [3.63, 3.8) is 0 Å². The molecule has 1 aliphatic carbocycles. The van der Waals surface area contributed by atoms with E-state index >= 15 is 0 Å². The van der Waals surface area contributed by atoms with Gasteiger partial charge < -0.3 is 15.2 Å². The van der Waals surface area contributed by atoms with Crippen LogP contribution in [-0.2, 0) is 21.9 Å². The van der Waals surface area contributed by atoms with Crippen LogP contribution in [0.25, 0.3) is 0 Å². The molecule has 2 aromatic rings. The molecule has 1 saturated heterocycles. The number of halogens is 7. The summed E-state index contributed by atoms with van der Waals surface area (Å²) in [5.41, 5.74) is -3.32. The fraction of sp³-hybridized carbons (Fsp3) is 0.500. The molecule has 1 amide bonds. The standard InChI is InChI=1S/C26H26F7NO3/c1-13(15-9-16(25(28,29)30)11-17(10-15)26(31,32)33)37-21-8-7-19(24(2)12-20(35)23(36)34-24)22(21)14-3-5-18(27)6-4-14/h3-6,9-11,13,19-22,35H,7-8,12H2,1-2H3,(H,34,36)/t13-,19-,20+,21+,22+,24-/m1/s1. The maximum Gasteiger partial charge on any atom is 0.416 e. The molecule has 0 unspecified atom stereocenters. The molecule has 4 nitrogen and oxygen atoms in total.